The van der Waals surface area contributed by atoms with Gasteiger partial charge < -0.3 is 15.0 Å². The van der Waals surface area contributed by atoms with Crippen LogP contribution in [0.5, 0.6) is 5.75 Å². The molecular weight excluding hydrogens is 478 g/mol. The van der Waals surface area contributed by atoms with Gasteiger partial charge in [0.15, 0.2) is 0 Å². The van der Waals surface area contributed by atoms with Crippen molar-refractivity contribution in [1.82, 2.24) is 10.2 Å². The average Bonchev–Trinajstić information content (AvgIpc) is 2.89. The average molecular weight is 510 g/mol. The predicted octanol–water partition coefficient (Wildman–Crippen LogP) is 3.36. The standard InChI is InChI=1S/C27H31N3O5S/c1-20-10-8-11-22(16-20)18-29(21(2)27(32)28-3)26(31)19-30(23-12-9-13-24(17-23)35-4)36(33,34)25-14-6-5-7-15-25/h5-17,21H,18-19H2,1-4H3,(H,28,32)/t21-/m0/s1. The summed E-state index contributed by atoms with van der Waals surface area (Å²) in [4.78, 5) is 27.7. The van der Waals surface area contributed by atoms with Crippen molar-refractivity contribution in [3.63, 3.8) is 0 Å². The zero-order valence-corrected chi connectivity index (χ0v) is 21.7. The Balaban J connectivity index is 2.04. The fourth-order valence-electron chi connectivity index (χ4n) is 3.81. The van der Waals surface area contributed by atoms with Crippen molar-refractivity contribution in [2.45, 2.75) is 31.3 Å². The number of carbonyl (C=O) groups excluding carboxylic acids is 2. The van der Waals surface area contributed by atoms with Crippen molar-refractivity contribution in [1.29, 1.82) is 0 Å². The van der Waals surface area contributed by atoms with E-state index in [2.05, 4.69) is 5.32 Å². The highest BCUT2D eigenvalue weighted by molar-refractivity contribution is 7.92. The Kier molecular flexibility index (Phi) is 8.71. The first-order chi connectivity index (χ1) is 17.2. The molecule has 3 aromatic carbocycles. The number of hydrogen-bond donors (Lipinski definition) is 1. The molecule has 0 fully saturated rings. The molecule has 0 bridgehead atoms. The third-order valence-electron chi connectivity index (χ3n) is 5.80. The van der Waals surface area contributed by atoms with Crippen LogP contribution >= 0.6 is 0 Å². The van der Waals surface area contributed by atoms with Gasteiger partial charge in [0.1, 0.15) is 18.3 Å². The molecule has 9 heteroatoms. The molecule has 3 aromatic rings. The van der Waals surface area contributed by atoms with Crippen LogP contribution < -0.4 is 14.4 Å². The fourth-order valence-corrected chi connectivity index (χ4v) is 5.24. The van der Waals surface area contributed by atoms with Gasteiger partial charge in [-0.15, -0.1) is 0 Å². The first-order valence-corrected chi connectivity index (χ1v) is 12.9. The van der Waals surface area contributed by atoms with Crippen LogP contribution in [0.25, 0.3) is 0 Å². The predicted molar refractivity (Wildman–Crippen MR) is 139 cm³/mol. The number of ether oxygens (including phenoxy) is 1. The number of amides is 2. The number of hydrogen-bond acceptors (Lipinski definition) is 5. The van der Waals surface area contributed by atoms with Gasteiger partial charge in [0, 0.05) is 19.7 Å². The van der Waals surface area contributed by atoms with E-state index in [9.17, 15) is 18.0 Å². The summed E-state index contributed by atoms with van der Waals surface area (Å²) in [6.07, 6.45) is 0. The molecule has 0 aliphatic heterocycles. The zero-order valence-electron chi connectivity index (χ0n) is 20.8. The van der Waals surface area contributed by atoms with E-state index in [4.69, 9.17) is 4.74 Å². The first kappa shape index (κ1) is 26.7. The Morgan fingerprint density at radius 2 is 1.67 bits per heavy atom. The molecule has 1 atom stereocenters. The van der Waals surface area contributed by atoms with Gasteiger partial charge in [0.25, 0.3) is 10.0 Å². The molecule has 2 amide bonds. The van der Waals surface area contributed by atoms with Crippen LogP contribution in [0.1, 0.15) is 18.1 Å². The SMILES string of the molecule is CNC(=O)[C@H](C)N(Cc1cccc(C)c1)C(=O)CN(c1cccc(OC)c1)S(=O)(=O)c1ccccc1. The number of methoxy groups -OCH3 is 1. The lowest BCUT2D eigenvalue weighted by atomic mass is 10.1. The van der Waals surface area contributed by atoms with E-state index in [0.29, 0.717) is 5.75 Å². The van der Waals surface area contributed by atoms with Gasteiger partial charge in [0.2, 0.25) is 11.8 Å². The van der Waals surface area contributed by atoms with Crippen LogP contribution in [0, 0.1) is 6.92 Å². The largest absolute Gasteiger partial charge is 0.497 e. The van der Waals surface area contributed by atoms with Crippen molar-refractivity contribution in [3.05, 3.63) is 90.0 Å². The molecular formula is C27H31N3O5S. The van der Waals surface area contributed by atoms with E-state index in [1.165, 1.54) is 31.2 Å². The number of nitrogens with one attached hydrogen (secondary N) is 1. The minimum atomic E-state index is -4.11. The molecule has 0 aliphatic carbocycles. The lowest BCUT2D eigenvalue weighted by Crippen LogP contribution is -2.50. The second-order valence-corrected chi connectivity index (χ2v) is 10.2. The summed E-state index contributed by atoms with van der Waals surface area (Å²) < 4.78 is 33.7. The van der Waals surface area contributed by atoms with Gasteiger partial charge in [-0.1, -0.05) is 54.1 Å². The molecule has 0 heterocycles. The second-order valence-electron chi connectivity index (χ2n) is 8.33. The molecule has 36 heavy (non-hydrogen) atoms. The maximum Gasteiger partial charge on any atom is 0.264 e. The number of sulfonamides is 1. The van der Waals surface area contributed by atoms with Crippen molar-refractivity contribution in [3.8, 4) is 5.75 Å². The minimum Gasteiger partial charge on any atom is -0.497 e. The zero-order chi connectivity index (χ0) is 26.3. The van der Waals surface area contributed by atoms with Gasteiger partial charge >= 0.3 is 0 Å². The summed E-state index contributed by atoms with van der Waals surface area (Å²) in [6.45, 7) is 3.20. The van der Waals surface area contributed by atoms with E-state index >= 15 is 0 Å². The Hall–Kier alpha value is -3.85. The molecule has 0 aliphatic rings. The maximum atomic E-state index is 13.7. The van der Waals surface area contributed by atoms with Gasteiger partial charge in [-0.25, -0.2) is 8.42 Å². The van der Waals surface area contributed by atoms with Gasteiger partial charge in [-0.3, -0.25) is 13.9 Å². The highest BCUT2D eigenvalue weighted by atomic mass is 32.2. The van der Waals surface area contributed by atoms with Crippen LogP contribution in [0.15, 0.2) is 83.8 Å². The quantitative estimate of drug-likeness (QED) is 0.452. The van der Waals surface area contributed by atoms with E-state index < -0.39 is 28.5 Å². The van der Waals surface area contributed by atoms with Crippen molar-refractivity contribution >= 4 is 27.5 Å². The summed E-state index contributed by atoms with van der Waals surface area (Å²) >= 11 is 0. The Bertz CT molecular complexity index is 1310. The normalized spacial score (nSPS) is 11.9. The van der Waals surface area contributed by atoms with Gasteiger partial charge in [-0.2, -0.15) is 0 Å². The maximum absolute atomic E-state index is 13.7. The van der Waals surface area contributed by atoms with E-state index in [0.717, 1.165) is 15.4 Å². The number of aryl methyl sites for hydroxylation is 1. The van der Waals surface area contributed by atoms with Crippen molar-refractivity contribution < 1.29 is 22.7 Å². The number of benzene rings is 3. The second kappa shape index (κ2) is 11.7. The topological polar surface area (TPSA) is 96.0 Å². The third-order valence-corrected chi connectivity index (χ3v) is 7.59. The third kappa shape index (κ3) is 6.23. The number of nitrogens with zero attached hydrogens (tertiary/aromatic N) is 2. The van der Waals surface area contributed by atoms with Crippen molar-refractivity contribution in [2.75, 3.05) is 25.0 Å². The number of carbonyl (C=O) groups is 2. The number of rotatable bonds is 10. The summed E-state index contributed by atoms with van der Waals surface area (Å²) in [5.74, 6) is -0.423. The van der Waals surface area contributed by atoms with Crippen LogP contribution in [0.3, 0.4) is 0 Å². The van der Waals surface area contributed by atoms with Crippen LogP contribution in [0.2, 0.25) is 0 Å². The Labute approximate surface area is 212 Å². The van der Waals surface area contributed by atoms with Crippen LogP contribution in [-0.2, 0) is 26.2 Å². The smallest absolute Gasteiger partial charge is 0.264 e. The van der Waals surface area contributed by atoms with E-state index in [-0.39, 0.29) is 23.0 Å². The minimum absolute atomic E-state index is 0.0465. The monoisotopic (exact) mass is 509 g/mol. The molecule has 8 nitrogen and oxygen atoms in total. The molecule has 0 spiro atoms. The molecule has 0 aromatic heterocycles. The lowest BCUT2D eigenvalue weighted by molar-refractivity contribution is -0.139. The van der Waals surface area contributed by atoms with Crippen LogP contribution in [0.4, 0.5) is 5.69 Å². The Morgan fingerprint density at radius 3 is 2.31 bits per heavy atom. The first-order valence-electron chi connectivity index (χ1n) is 11.5. The summed E-state index contributed by atoms with van der Waals surface area (Å²) in [6, 6.07) is 21.2. The van der Waals surface area contributed by atoms with E-state index in [1.54, 1.807) is 49.4 Å². The summed E-state index contributed by atoms with van der Waals surface area (Å²) in [5.41, 5.74) is 2.12. The van der Waals surface area contributed by atoms with Crippen LogP contribution in [-0.4, -0.2) is 51.9 Å². The fraction of sp³-hybridized carbons (Fsp3) is 0.259. The molecule has 0 saturated heterocycles. The van der Waals surface area contributed by atoms with E-state index in [1.807, 2.05) is 31.2 Å². The summed E-state index contributed by atoms with van der Waals surface area (Å²) in [5, 5.41) is 2.57. The summed E-state index contributed by atoms with van der Waals surface area (Å²) in [7, 11) is -1.13. The van der Waals surface area contributed by atoms with Gasteiger partial charge in [0.05, 0.1) is 17.7 Å². The molecule has 0 saturated carbocycles. The molecule has 0 unspecified atom stereocenters. The molecule has 190 valence electrons. The van der Waals surface area contributed by atoms with Crippen molar-refractivity contribution in [2.24, 2.45) is 0 Å². The highest BCUT2D eigenvalue weighted by Crippen LogP contribution is 2.27. The number of likely N-dealkylation sites (N-methyl/N-ethyl adjacent to an activating group) is 1. The molecule has 1 N–H and O–H groups in total. The van der Waals surface area contributed by atoms with Gasteiger partial charge in [-0.05, 0) is 43.7 Å². The Morgan fingerprint density at radius 1 is 0.972 bits per heavy atom. The highest BCUT2D eigenvalue weighted by Gasteiger charge is 2.32. The molecule has 3 rings (SSSR count). The number of anilines is 1. The molecule has 0 radical (unpaired) electrons. The lowest BCUT2D eigenvalue weighted by Gasteiger charge is -2.32.